The number of amidine groups is 1. The van der Waals surface area contributed by atoms with Gasteiger partial charge in [-0.3, -0.25) is 14.9 Å². The molecule has 0 atom stereocenters. The Balaban J connectivity index is 2.58. The lowest BCUT2D eigenvalue weighted by atomic mass is 10.2. The van der Waals surface area contributed by atoms with Crippen LogP contribution in [0.3, 0.4) is 0 Å². The summed E-state index contributed by atoms with van der Waals surface area (Å²) in [5.41, 5.74) is 0. The maximum Gasteiger partial charge on any atom is 0.299 e. The topological polar surface area (TPSA) is 67.8 Å². The summed E-state index contributed by atoms with van der Waals surface area (Å²) in [5.74, 6) is -0.754. The van der Waals surface area contributed by atoms with E-state index < -0.39 is 0 Å². The molecule has 0 radical (unpaired) electrons. The molecule has 1 N–H and O–H groups in total. The maximum absolute atomic E-state index is 11.0. The smallest absolute Gasteiger partial charge is 0.299 e. The van der Waals surface area contributed by atoms with E-state index in [-0.39, 0.29) is 30.4 Å². The average Bonchev–Trinajstić information content (AvgIpc) is 2.35. The van der Waals surface area contributed by atoms with Crippen LogP contribution in [0.1, 0.15) is 13.8 Å². The highest BCUT2D eigenvalue weighted by molar-refractivity contribution is 6.04. The van der Waals surface area contributed by atoms with Crippen molar-refractivity contribution in [1.29, 1.82) is 0 Å². The summed E-state index contributed by atoms with van der Waals surface area (Å²) in [7, 11) is 0. The molecular formula is C7H10N2O3. The normalized spacial score (nSPS) is 19.6. The van der Waals surface area contributed by atoms with Gasteiger partial charge >= 0.3 is 0 Å². The van der Waals surface area contributed by atoms with Crippen LogP contribution < -0.4 is 5.32 Å². The zero-order valence-electron chi connectivity index (χ0n) is 6.96. The van der Waals surface area contributed by atoms with E-state index in [1.165, 1.54) is 0 Å². The molecule has 0 aliphatic carbocycles. The van der Waals surface area contributed by atoms with Crippen molar-refractivity contribution in [2.75, 3.05) is 6.61 Å². The predicted molar refractivity (Wildman–Crippen MR) is 41.4 cm³/mol. The molecule has 0 bridgehead atoms. The van der Waals surface area contributed by atoms with E-state index in [4.69, 9.17) is 4.74 Å². The highest BCUT2D eigenvalue weighted by Crippen LogP contribution is 1.97. The van der Waals surface area contributed by atoms with Crippen LogP contribution in [0.25, 0.3) is 0 Å². The van der Waals surface area contributed by atoms with E-state index in [1.807, 2.05) is 0 Å². The van der Waals surface area contributed by atoms with Crippen molar-refractivity contribution in [2.24, 2.45) is 10.9 Å². The van der Waals surface area contributed by atoms with E-state index in [0.29, 0.717) is 0 Å². The Hall–Kier alpha value is -1.39. The number of ether oxygens (including phenoxy) is 1. The lowest BCUT2D eigenvalue weighted by molar-refractivity contribution is -0.121. The summed E-state index contributed by atoms with van der Waals surface area (Å²) < 4.78 is 4.75. The van der Waals surface area contributed by atoms with Gasteiger partial charge < -0.3 is 4.74 Å². The van der Waals surface area contributed by atoms with E-state index in [0.717, 1.165) is 0 Å². The van der Waals surface area contributed by atoms with Gasteiger partial charge in [0.2, 0.25) is 0 Å². The molecule has 1 saturated heterocycles. The Morgan fingerprint density at radius 3 is 2.75 bits per heavy atom. The molecule has 5 heteroatoms. The SMILES string of the molecule is CC(C)C(=O)N=C1NC(=O)CO1. The molecule has 12 heavy (non-hydrogen) atoms. The quantitative estimate of drug-likeness (QED) is 0.586. The van der Waals surface area contributed by atoms with Crippen molar-refractivity contribution in [3.05, 3.63) is 0 Å². The number of hydrogen-bond acceptors (Lipinski definition) is 3. The van der Waals surface area contributed by atoms with Crippen molar-refractivity contribution >= 4 is 17.8 Å². The number of aliphatic imine (C=N–C) groups is 1. The minimum absolute atomic E-state index is 0.0127. The van der Waals surface area contributed by atoms with Crippen LogP contribution in [0.2, 0.25) is 0 Å². The third-order valence-corrected chi connectivity index (χ3v) is 1.29. The van der Waals surface area contributed by atoms with E-state index in [2.05, 4.69) is 10.3 Å². The molecule has 0 saturated carbocycles. The average molecular weight is 170 g/mol. The molecular weight excluding hydrogens is 160 g/mol. The second-order valence-electron chi connectivity index (χ2n) is 2.75. The lowest BCUT2D eigenvalue weighted by Crippen LogP contribution is -2.22. The fraction of sp³-hybridized carbons (Fsp3) is 0.571. The number of carbonyl (C=O) groups excluding carboxylic acids is 2. The minimum atomic E-state index is -0.299. The predicted octanol–water partition coefficient (Wildman–Crippen LogP) is -0.329. The molecule has 0 aromatic carbocycles. The van der Waals surface area contributed by atoms with Crippen molar-refractivity contribution in [1.82, 2.24) is 5.32 Å². The second kappa shape index (κ2) is 3.34. The Labute approximate surface area is 69.8 Å². The Kier molecular flexibility index (Phi) is 2.42. The third kappa shape index (κ3) is 2.05. The monoisotopic (exact) mass is 170 g/mol. The van der Waals surface area contributed by atoms with Crippen LogP contribution >= 0.6 is 0 Å². The number of nitrogens with zero attached hydrogens (tertiary/aromatic N) is 1. The first kappa shape index (κ1) is 8.70. The number of nitrogens with one attached hydrogen (secondary N) is 1. The largest absolute Gasteiger partial charge is 0.455 e. The van der Waals surface area contributed by atoms with Crippen molar-refractivity contribution in [2.45, 2.75) is 13.8 Å². The van der Waals surface area contributed by atoms with Crippen molar-refractivity contribution in [3.8, 4) is 0 Å². The van der Waals surface area contributed by atoms with Gasteiger partial charge in [0, 0.05) is 5.92 Å². The number of carbonyl (C=O) groups is 2. The van der Waals surface area contributed by atoms with Gasteiger partial charge in [0.05, 0.1) is 0 Å². The number of rotatable bonds is 1. The van der Waals surface area contributed by atoms with Crippen LogP contribution in [0, 0.1) is 5.92 Å². The standard InChI is InChI=1S/C7H10N2O3/c1-4(2)6(11)9-7-8-5(10)3-12-7/h4H,3H2,1-2H3,(H,8,9,10,11). The number of amides is 2. The first-order valence-electron chi connectivity index (χ1n) is 3.65. The van der Waals surface area contributed by atoms with Gasteiger partial charge in [0.25, 0.3) is 17.8 Å². The molecule has 0 aromatic rings. The van der Waals surface area contributed by atoms with Crippen LogP contribution in [-0.2, 0) is 14.3 Å². The first-order valence-corrected chi connectivity index (χ1v) is 3.65. The molecule has 0 unspecified atom stereocenters. The Bertz CT molecular complexity index is 245. The molecule has 1 rings (SSSR count). The van der Waals surface area contributed by atoms with Crippen LogP contribution in [-0.4, -0.2) is 24.4 Å². The van der Waals surface area contributed by atoms with Gasteiger partial charge in [-0.25, -0.2) is 0 Å². The summed E-state index contributed by atoms with van der Waals surface area (Å²) in [6, 6.07) is 0.0127. The summed E-state index contributed by atoms with van der Waals surface area (Å²) >= 11 is 0. The lowest BCUT2D eigenvalue weighted by Gasteiger charge is -1.97. The van der Waals surface area contributed by atoms with Gasteiger partial charge in [-0.2, -0.15) is 4.99 Å². The molecule has 1 fully saturated rings. The molecule has 2 amide bonds. The molecule has 1 aliphatic rings. The van der Waals surface area contributed by atoms with E-state index in [9.17, 15) is 9.59 Å². The van der Waals surface area contributed by atoms with Crippen LogP contribution in [0.5, 0.6) is 0 Å². The fourth-order valence-corrected chi connectivity index (χ4v) is 0.615. The fourth-order valence-electron chi connectivity index (χ4n) is 0.615. The van der Waals surface area contributed by atoms with Crippen molar-refractivity contribution in [3.63, 3.8) is 0 Å². The van der Waals surface area contributed by atoms with E-state index in [1.54, 1.807) is 13.8 Å². The Morgan fingerprint density at radius 2 is 2.33 bits per heavy atom. The zero-order chi connectivity index (χ0) is 9.14. The van der Waals surface area contributed by atoms with Crippen LogP contribution in [0.15, 0.2) is 4.99 Å². The van der Waals surface area contributed by atoms with E-state index >= 15 is 0 Å². The molecule has 0 spiro atoms. The van der Waals surface area contributed by atoms with Gasteiger partial charge in [0.1, 0.15) is 0 Å². The van der Waals surface area contributed by atoms with Gasteiger partial charge in [-0.1, -0.05) is 13.8 Å². The molecule has 1 heterocycles. The van der Waals surface area contributed by atoms with Gasteiger partial charge in [-0.05, 0) is 0 Å². The second-order valence-corrected chi connectivity index (χ2v) is 2.75. The summed E-state index contributed by atoms with van der Waals surface area (Å²) in [4.78, 5) is 25.1. The molecule has 66 valence electrons. The molecule has 0 aromatic heterocycles. The first-order chi connectivity index (χ1) is 5.59. The highest BCUT2D eigenvalue weighted by Gasteiger charge is 2.18. The van der Waals surface area contributed by atoms with Crippen molar-refractivity contribution < 1.29 is 14.3 Å². The summed E-state index contributed by atoms with van der Waals surface area (Å²) in [6.07, 6.45) is 0. The minimum Gasteiger partial charge on any atom is -0.455 e. The third-order valence-electron chi connectivity index (χ3n) is 1.29. The van der Waals surface area contributed by atoms with Gasteiger partial charge in [0.15, 0.2) is 6.61 Å². The van der Waals surface area contributed by atoms with Crippen LogP contribution in [0.4, 0.5) is 0 Å². The van der Waals surface area contributed by atoms with Gasteiger partial charge in [-0.15, -0.1) is 0 Å². The zero-order valence-corrected chi connectivity index (χ0v) is 6.96. The Morgan fingerprint density at radius 1 is 1.67 bits per heavy atom. The molecule has 5 nitrogen and oxygen atoms in total. The summed E-state index contributed by atoms with van der Waals surface area (Å²) in [6.45, 7) is 3.40. The highest BCUT2D eigenvalue weighted by atomic mass is 16.5. The number of hydrogen-bond donors (Lipinski definition) is 1. The maximum atomic E-state index is 11.0. The molecule has 1 aliphatic heterocycles. The summed E-state index contributed by atoms with van der Waals surface area (Å²) in [5, 5.41) is 2.31.